The minimum absolute atomic E-state index is 0.231. The van der Waals surface area contributed by atoms with Crippen molar-refractivity contribution in [1.29, 1.82) is 0 Å². The summed E-state index contributed by atoms with van der Waals surface area (Å²) in [5, 5.41) is 6.90. The van der Waals surface area contributed by atoms with Crippen LogP contribution in [0.2, 0.25) is 0 Å². The van der Waals surface area contributed by atoms with Gasteiger partial charge in [0.2, 0.25) is 5.43 Å². The fraction of sp³-hybridized carbons (Fsp3) is 0.0625. The molecule has 0 radical (unpaired) electrons. The minimum atomic E-state index is -0.669. The highest BCUT2D eigenvalue weighted by atomic mass is 19.1. The Morgan fingerprint density at radius 2 is 1.95 bits per heavy atom. The summed E-state index contributed by atoms with van der Waals surface area (Å²) >= 11 is 0. The standard InChI is InChI=1S/C16H12FN3O2/c1-20-13-8-3-2-7-12(13)15(21)14(19-20)16(22)18-11-6-4-5-10(17)9-11/h2-9H,1H3,(H,18,22). The van der Waals surface area contributed by atoms with E-state index in [-0.39, 0.29) is 11.4 Å². The van der Waals surface area contributed by atoms with Gasteiger partial charge in [-0.3, -0.25) is 14.3 Å². The highest BCUT2D eigenvalue weighted by Gasteiger charge is 2.16. The lowest BCUT2D eigenvalue weighted by atomic mass is 10.2. The number of aryl methyl sites for hydroxylation is 1. The predicted octanol–water partition coefficient (Wildman–Crippen LogP) is 2.32. The number of halogens is 1. The Kier molecular flexibility index (Phi) is 3.42. The van der Waals surface area contributed by atoms with Gasteiger partial charge in [0.05, 0.1) is 5.52 Å². The zero-order valence-corrected chi connectivity index (χ0v) is 11.7. The molecule has 0 unspecified atom stereocenters. The largest absolute Gasteiger partial charge is 0.320 e. The number of hydrogen-bond donors (Lipinski definition) is 1. The van der Waals surface area contributed by atoms with Crippen molar-refractivity contribution in [2.24, 2.45) is 7.05 Å². The van der Waals surface area contributed by atoms with Crippen LogP contribution in [0.3, 0.4) is 0 Å². The summed E-state index contributed by atoms with van der Waals surface area (Å²) in [6, 6.07) is 12.3. The first kappa shape index (κ1) is 13.9. The molecule has 22 heavy (non-hydrogen) atoms. The van der Waals surface area contributed by atoms with Gasteiger partial charge >= 0.3 is 0 Å². The molecule has 0 fully saturated rings. The van der Waals surface area contributed by atoms with Gasteiger partial charge in [0.1, 0.15) is 5.82 Å². The second-order valence-electron chi connectivity index (χ2n) is 4.78. The summed E-state index contributed by atoms with van der Waals surface area (Å²) < 4.78 is 14.6. The number of para-hydroxylation sites is 1. The molecule has 0 atom stereocenters. The van der Waals surface area contributed by atoms with Crippen molar-refractivity contribution in [3.63, 3.8) is 0 Å². The molecule has 0 saturated carbocycles. The Morgan fingerprint density at radius 1 is 1.18 bits per heavy atom. The number of nitrogens with zero attached hydrogens (tertiary/aromatic N) is 2. The number of amides is 1. The molecule has 6 heteroatoms. The minimum Gasteiger partial charge on any atom is -0.320 e. The van der Waals surface area contributed by atoms with Gasteiger partial charge in [-0.1, -0.05) is 18.2 Å². The van der Waals surface area contributed by atoms with E-state index in [1.807, 2.05) is 0 Å². The van der Waals surface area contributed by atoms with Crippen LogP contribution < -0.4 is 10.7 Å². The molecular formula is C16H12FN3O2. The number of anilines is 1. The molecule has 110 valence electrons. The third kappa shape index (κ3) is 2.46. The van der Waals surface area contributed by atoms with Crippen molar-refractivity contribution >= 4 is 22.5 Å². The first-order valence-electron chi connectivity index (χ1n) is 6.59. The Hall–Kier alpha value is -3.02. The maximum atomic E-state index is 13.1. The van der Waals surface area contributed by atoms with Crippen LogP contribution in [0, 0.1) is 5.82 Å². The van der Waals surface area contributed by atoms with Gasteiger partial charge in [0.25, 0.3) is 5.91 Å². The van der Waals surface area contributed by atoms with Gasteiger partial charge in [-0.25, -0.2) is 4.39 Å². The smallest absolute Gasteiger partial charge is 0.280 e. The van der Waals surface area contributed by atoms with E-state index in [4.69, 9.17) is 0 Å². The molecule has 1 heterocycles. The summed E-state index contributed by atoms with van der Waals surface area (Å²) in [6.45, 7) is 0. The molecule has 2 aromatic carbocycles. The van der Waals surface area contributed by atoms with Crippen LogP contribution in [0.1, 0.15) is 10.5 Å². The summed E-state index contributed by atoms with van der Waals surface area (Å²) in [7, 11) is 1.65. The topological polar surface area (TPSA) is 64.0 Å². The van der Waals surface area contributed by atoms with Crippen molar-refractivity contribution < 1.29 is 9.18 Å². The van der Waals surface area contributed by atoms with Crippen molar-refractivity contribution in [3.05, 3.63) is 70.3 Å². The summed E-state index contributed by atoms with van der Waals surface area (Å²) in [4.78, 5) is 24.6. The van der Waals surface area contributed by atoms with Gasteiger partial charge in [-0.15, -0.1) is 0 Å². The molecule has 0 aliphatic heterocycles. The van der Waals surface area contributed by atoms with E-state index < -0.39 is 17.2 Å². The Morgan fingerprint density at radius 3 is 2.73 bits per heavy atom. The lowest BCUT2D eigenvalue weighted by Crippen LogP contribution is -2.26. The molecule has 3 rings (SSSR count). The van der Waals surface area contributed by atoms with Crippen LogP contribution in [0.25, 0.3) is 10.9 Å². The van der Waals surface area contributed by atoms with Gasteiger partial charge in [-0.2, -0.15) is 5.10 Å². The van der Waals surface area contributed by atoms with E-state index in [0.29, 0.717) is 10.9 Å². The maximum Gasteiger partial charge on any atom is 0.280 e. The van der Waals surface area contributed by atoms with E-state index in [1.165, 1.54) is 28.9 Å². The number of carbonyl (C=O) groups excluding carboxylic acids is 1. The highest BCUT2D eigenvalue weighted by Crippen LogP contribution is 2.11. The maximum absolute atomic E-state index is 13.1. The van der Waals surface area contributed by atoms with Gasteiger partial charge < -0.3 is 5.32 Å². The SMILES string of the molecule is Cn1nc(C(=O)Nc2cccc(F)c2)c(=O)c2ccccc21. The van der Waals surface area contributed by atoms with Gasteiger partial charge in [-0.05, 0) is 30.3 Å². The van der Waals surface area contributed by atoms with E-state index in [1.54, 1.807) is 31.3 Å². The van der Waals surface area contributed by atoms with Crippen molar-refractivity contribution in [2.75, 3.05) is 5.32 Å². The lowest BCUT2D eigenvalue weighted by Gasteiger charge is -2.08. The van der Waals surface area contributed by atoms with Crippen LogP contribution >= 0.6 is 0 Å². The molecule has 0 saturated heterocycles. The quantitative estimate of drug-likeness (QED) is 0.789. The molecule has 1 N–H and O–H groups in total. The van der Waals surface area contributed by atoms with Gasteiger partial charge in [0, 0.05) is 18.1 Å². The number of rotatable bonds is 2. The lowest BCUT2D eigenvalue weighted by molar-refractivity contribution is 0.101. The van der Waals surface area contributed by atoms with Crippen molar-refractivity contribution in [3.8, 4) is 0 Å². The molecule has 0 spiro atoms. The first-order chi connectivity index (χ1) is 10.6. The predicted molar refractivity (Wildman–Crippen MR) is 81.3 cm³/mol. The van der Waals surface area contributed by atoms with Crippen LogP contribution in [0.5, 0.6) is 0 Å². The van der Waals surface area contributed by atoms with Gasteiger partial charge in [0.15, 0.2) is 5.69 Å². The summed E-state index contributed by atoms with van der Waals surface area (Å²) in [6.07, 6.45) is 0. The van der Waals surface area contributed by atoms with Crippen LogP contribution in [0.15, 0.2) is 53.3 Å². The third-order valence-electron chi connectivity index (χ3n) is 3.26. The molecular weight excluding hydrogens is 285 g/mol. The number of hydrogen-bond acceptors (Lipinski definition) is 3. The molecule has 0 bridgehead atoms. The monoisotopic (exact) mass is 297 g/mol. The average molecular weight is 297 g/mol. The number of fused-ring (bicyclic) bond motifs is 1. The van der Waals surface area contributed by atoms with E-state index in [2.05, 4.69) is 10.4 Å². The molecule has 1 aromatic heterocycles. The Bertz CT molecular complexity index is 934. The van der Waals surface area contributed by atoms with E-state index in [0.717, 1.165) is 0 Å². The molecule has 5 nitrogen and oxygen atoms in total. The molecule has 3 aromatic rings. The second-order valence-corrected chi connectivity index (χ2v) is 4.78. The van der Waals surface area contributed by atoms with E-state index in [9.17, 15) is 14.0 Å². The molecule has 0 aliphatic carbocycles. The normalized spacial score (nSPS) is 10.6. The number of benzene rings is 2. The first-order valence-corrected chi connectivity index (χ1v) is 6.59. The highest BCUT2D eigenvalue weighted by molar-refractivity contribution is 6.04. The fourth-order valence-corrected chi connectivity index (χ4v) is 2.23. The molecule has 1 amide bonds. The van der Waals surface area contributed by atoms with Crippen LogP contribution in [-0.2, 0) is 7.05 Å². The number of aromatic nitrogens is 2. The Labute approximate surface area is 125 Å². The zero-order chi connectivity index (χ0) is 15.7. The van der Waals surface area contributed by atoms with Crippen molar-refractivity contribution in [2.45, 2.75) is 0 Å². The fourth-order valence-electron chi connectivity index (χ4n) is 2.23. The average Bonchev–Trinajstić information content (AvgIpc) is 2.51. The summed E-state index contributed by atoms with van der Waals surface area (Å²) in [5.41, 5.74) is 0.213. The van der Waals surface area contributed by atoms with E-state index >= 15 is 0 Å². The van der Waals surface area contributed by atoms with Crippen molar-refractivity contribution in [1.82, 2.24) is 9.78 Å². The van der Waals surface area contributed by atoms with Crippen LogP contribution in [0.4, 0.5) is 10.1 Å². The second kappa shape index (κ2) is 5.40. The number of carbonyl (C=O) groups is 1. The van der Waals surface area contributed by atoms with Crippen LogP contribution in [-0.4, -0.2) is 15.7 Å². The Balaban J connectivity index is 2.05. The number of nitrogens with one attached hydrogen (secondary N) is 1. The summed E-state index contributed by atoms with van der Waals surface area (Å²) in [5.74, 6) is -1.14. The third-order valence-corrected chi connectivity index (χ3v) is 3.26. The molecule has 0 aliphatic rings. The zero-order valence-electron chi connectivity index (χ0n) is 11.7.